The van der Waals surface area contributed by atoms with Gasteiger partial charge in [0.15, 0.2) is 5.43 Å². The van der Waals surface area contributed by atoms with E-state index in [0.717, 1.165) is 24.2 Å². The molecule has 2 rings (SSSR count). The van der Waals surface area contributed by atoms with Crippen molar-refractivity contribution in [2.45, 2.75) is 19.8 Å². The Labute approximate surface area is 123 Å². The van der Waals surface area contributed by atoms with Crippen molar-refractivity contribution in [2.24, 2.45) is 7.05 Å². The van der Waals surface area contributed by atoms with Crippen LogP contribution in [0.2, 0.25) is 0 Å². The fourth-order valence-corrected chi connectivity index (χ4v) is 2.01. The van der Waals surface area contributed by atoms with Crippen molar-refractivity contribution in [2.75, 3.05) is 6.54 Å². The standard InChI is InChI=1S/C16H19N3O2/c1-12-10-15(20)14(11-19(12)2)16(21)18-9-5-7-13-6-3-4-8-17-13/h3-4,6,8,10-11H,5,7,9H2,1-2H3,(H,18,21). The van der Waals surface area contributed by atoms with Gasteiger partial charge in [0.1, 0.15) is 5.56 Å². The number of nitrogens with one attached hydrogen (secondary N) is 1. The van der Waals surface area contributed by atoms with Crippen LogP contribution in [0.4, 0.5) is 0 Å². The van der Waals surface area contributed by atoms with E-state index in [-0.39, 0.29) is 16.9 Å². The Kier molecular flexibility index (Phi) is 4.87. The zero-order chi connectivity index (χ0) is 15.2. The van der Waals surface area contributed by atoms with E-state index in [2.05, 4.69) is 10.3 Å². The molecular formula is C16H19N3O2. The molecule has 5 nitrogen and oxygen atoms in total. The molecule has 0 aliphatic carbocycles. The highest BCUT2D eigenvalue weighted by Gasteiger charge is 2.10. The molecule has 2 heterocycles. The van der Waals surface area contributed by atoms with Crippen LogP contribution in [-0.2, 0) is 13.5 Å². The lowest BCUT2D eigenvalue weighted by Gasteiger charge is -2.08. The summed E-state index contributed by atoms with van der Waals surface area (Å²) in [5.74, 6) is -0.323. The number of aromatic nitrogens is 2. The van der Waals surface area contributed by atoms with E-state index >= 15 is 0 Å². The molecule has 21 heavy (non-hydrogen) atoms. The zero-order valence-corrected chi connectivity index (χ0v) is 12.3. The summed E-state index contributed by atoms with van der Waals surface area (Å²) in [5, 5.41) is 2.78. The summed E-state index contributed by atoms with van der Waals surface area (Å²) < 4.78 is 1.77. The summed E-state index contributed by atoms with van der Waals surface area (Å²) in [4.78, 5) is 28.0. The van der Waals surface area contributed by atoms with E-state index in [1.54, 1.807) is 17.0 Å². The highest BCUT2D eigenvalue weighted by atomic mass is 16.2. The first-order valence-electron chi connectivity index (χ1n) is 6.93. The summed E-state index contributed by atoms with van der Waals surface area (Å²) in [5.41, 5.74) is 1.76. The van der Waals surface area contributed by atoms with Crippen LogP contribution >= 0.6 is 0 Å². The Morgan fingerprint density at radius 1 is 1.38 bits per heavy atom. The van der Waals surface area contributed by atoms with E-state index in [1.165, 1.54) is 6.07 Å². The van der Waals surface area contributed by atoms with Gasteiger partial charge in [0, 0.05) is 43.4 Å². The van der Waals surface area contributed by atoms with E-state index in [9.17, 15) is 9.59 Å². The number of nitrogens with zero attached hydrogens (tertiary/aromatic N) is 2. The third-order valence-electron chi connectivity index (χ3n) is 3.35. The zero-order valence-electron chi connectivity index (χ0n) is 12.3. The normalized spacial score (nSPS) is 10.4. The monoisotopic (exact) mass is 285 g/mol. The van der Waals surface area contributed by atoms with Gasteiger partial charge in [-0.1, -0.05) is 6.07 Å². The Balaban J connectivity index is 1.88. The Morgan fingerprint density at radius 3 is 2.90 bits per heavy atom. The molecule has 5 heteroatoms. The van der Waals surface area contributed by atoms with Gasteiger partial charge in [-0.3, -0.25) is 14.6 Å². The van der Waals surface area contributed by atoms with Crippen molar-refractivity contribution in [1.82, 2.24) is 14.9 Å². The van der Waals surface area contributed by atoms with Crippen LogP contribution in [-0.4, -0.2) is 22.0 Å². The van der Waals surface area contributed by atoms with Gasteiger partial charge in [-0.05, 0) is 31.9 Å². The molecule has 1 N–H and O–H groups in total. The van der Waals surface area contributed by atoms with E-state index in [0.29, 0.717) is 6.54 Å². The predicted molar refractivity (Wildman–Crippen MR) is 81.3 cm³/mol. The molecule has 0 aliphatic rings. The van der Waals surface area contributed by atoms with Crippen LogP contribution in [0, 0.1) is 6.92 Å². The molecule has 110 valence electrons. The average molecular weight is 285 g/mol. The fraction of sp³-hybridized carbons (Fsp3) is 0.312. The lowest BCUT2D eigenvalue weighted by molar-refractivity contribution is 0.0951. The molecule has 0 radical (unpaired) electrons. The number of pyridine rings is 2. The average Bonchev–Trinajstić information content (AvgIpc) is 2.48. The molecule has 0 aromatic carbocycles. The molecule has 0 aliphatic heterocycles. The van der Waals surface area contributed by atoms with E-state index < -0.39 is 0 Å². The molecule has 2 aromatic heterocycles. The first-order valence-corrected chi connectivity index (χ1v) is 6.93. The number of aryl methyl sites for hydroxylation is 3. The van der Waals surface area contributed by atoms with Crippen molar-refractivity contribution >= 4 is 5.91 Å². The molecule has 0 saturated heterocycles. The van der Waals surface area contributed by atoms with Crippen LogP contribution in [0.25, 0.3) is 0 Å². The molecule has 0 saturated carbocycles. The van der Waals surface area contributed by atoms with Gasteiger partial charge < -0.3 is 9.88 Å². The minimum Gasteiger partial charge on any atom is -0.354 e. The highest BCUT2D eigenvalue weighted by molar-refractivity contribution is 5.93. The number of carbonyl (C=O) groups is 1. The third-order valence-corrected chi connectivity index (χ3v) is 3.35. The third kappa shape index (κ3) is 4.02. The maximum Gasteiger partial charge on any atom is 0.256 e. The molecule has 0 atom stereocenters. The Morgan fingerprint density at radius 2 is 2.19 bits per heavy atom. The quantitative estimate of drug-likeness (QED) is 0.846. The smallest absolute Gasteiger partial charge is 0.256 e. The molecule has 2 aromatic rings. The molecule has 0 spiro atoms. The van der Waals surface area contributed by atoms with Crippen LogP contribution in [0.3, 0.4) is 0 Å². The van der Waals surface area contributed by atoms with Crippen molar-refractivity contribution in [1.29, 1.82) is 0 Å². The Bertz CT molecular complexity index is 678. The second kappa shape index (κ2) is 6.83. The molecule has 0 fully saturated rings. The van der Waals surface area contributed by atoms with Crippen LogP contribution in [0.1, 0.15) is 28.2 Å². The largest absolute Gasteiger partial charge is 0.354 e. The maximum absolute atomic E-state index is 12.0. The summed E-state index contributed by atoms with van der Waals surface area (Å²) in [6.45, 7) is 2.35. The molecule has 0 bridgehead atoms. The number of carbonyl (C=O) groups excluding carboxylic acids is 1. The topological polar surface area (TPSA) is 64.0 Å². The first-order chi connectivity index (χ1) is 10.1. The van der Waals surface area contributed by atoms with E-state index in [1.807, 2.05) is 32.2 Å². The summed E-state index contributed by atoms with van der Waals surface area (Å²) in [7, 11) is 1.81. The Hall–Kier alpha value is -2.43. The number of hydrogen-bond donors (Lipinski definition) is 1. The van der Waals surface area contributed by atoms with Crippen molar-refractivity contribution in [3.63, 3.8) is 0 Å². The van der Waals surface area contributed by atoms with Crippen LogP contribution in [0.5, 0.6) is 0 Å². The number of hydrogen-bond acceptors (Lipinski definition) is 3. The molecule has 1 amide bonds. The van der Waals surface area contributed by atoms with Crippen molar-refractivity contribution < 1.29 is 4.79 Å². The van der Waals surface area contributed by atoms with Gasteiger partial charge in [-0.25, -0.2) is 0 Å². The molecular weight excluding hydrogens is 266 g/mol. The predicted octanol–water partition coefficient (Wildman–Crippen LogP) is 1.45. The first kappa shape index (κ1) is 15.0. The van der Waals surface area contributed by atoms with Gasteiger partial charge in [0.2, 0.25) is 0 Å². The van der Waals surface area contributed by atoms with Gasteiger partial charge in [-0.15, -0.1) is 0 Å². The fourth-order valence-electron chi connectivity index (χ4n) is 2.01. The van der Waals surface area contributed by atoms with Gasteiger partial charge in [-0.2, -0.15) is 0 Å². The lowest BCUT2D eigenvalue weighted by atomic mass is 10.2. The number of amides is 1. The van der Waals surface area contributed by atoms with Gasteiger partial charge in [0.25, 0.3) is 5.91 Å². The summed E-state index contributed by atoms with van der Waals surface area (Å²) >= 11 is 0. The van der Waals surface area contributed by atoms with Gasteiger partial charge in [0.05, 0.1) is 0 Å². The summed E-state index contributed by atoms with van der Waals surface area (Å²) in [6.07, 6.45) is 4.91. The van der Waals surface area contributed by atoms with Crippen LogP contribution in [0.15, 0.2) is 41.5 Å². The van der Waals surface area contributed by atoms with Gasteiger partial charge >= 0.3 is 0 Å². The number of rotatable bonds is 5. The SMILES string of the molecule is Cc1cc(=O)c(C(=O)NCCCc2ccccn2)cn1C. The second-order valence-electron chi connectivity index (χ2n) is 4.98. The van der Waals surface area contributed by atoms with Crippen LogP contribution < -0.4 is 10.7 Å². The minimum absolute atomic E-state index is 0.181. The van der Waals surface area contributed by atoms with E-state index in [4.69, 9.17) is 0 Å². The molecule has 0 unspecified atom stereocenters. The lowest BCUT2D eigenvalue weighted by Crippen LogP contribution is -2.30. The highest BCUT2D eigenvalue weighted by Crippen LogP contribution is 1.99. The minimum atomic E-state index is -0.323. The van der Waals surface area contributed by atoms with Crippen molar-refractivity contribution in [3.8, 4) is 0 Å². The maximum atomic E-state index is 12.0. The second-order valence-corrected chi connectivity index (χ2v) is 4.98. The van der Waals surface area contributed by atoms with Crippen molar-refractivity contribution in [3.05, 3.63) is 63.8 Å². The summed E-state index contributed by atoms with van der Waals surface area (Å²) in [6, 6.07) is 7.25.